The van der Waals surface area contributed by atoms with Crippen molar-refractivity contribution in [1.82, 2.24) is 4.90 Å². The molecule has 5 rings (SSSR count). The molecule has 25 heavy (non-hydrogen) atoms. The fourth-order valence-electron chi connectivity index (χ4n) is 4.42. The highest BCUT2D eigenvalue weighted by atomic mass is 16.7. The topological polar surface area (TPSA) is 40.2 Å². The molecule has 1 atom stereocenters. The van der Waals surface area contributed by atoms with E-state index in [4.69, 9.17) is 18.9 Å². The highest BCUT2D eigenvalue weighted by molar-refractivity contribution is 5.44. The number of benzene rings is 1. The number of ether oxygens (including phenoxy) is 4. The largest absolute Gasteiger partial charge is 0.454 e. The van der Waals surface area contributed by atoms with Crippen molar-refractivity contribution >= 4 is 0 Å². The Morgan fingerprint density at radius 1 is 1.12 bits per heavy atom. The summed E-state index contributed by atoms with van der Waals surface area (Å²) < 4.78 is 22.9. The van der Waals surface area contributed by atoms with E-state index in [1.54, 1.807) is 0 Å². The fraction of sp³-hybridized carbons (Fsp3) is 0.700. The lowest BCUT2D eigenvalue weighted by Gasteiger charge is -2.50. The number of hydrogen-bond donors (Lipinski definition) is 0. The molecule has 0 radical (unpaired) electrons. The minimum atomic E-state index is 0.0826. The molecule has 3 heterocycles. The Labute approximate surface area is 149 Å². The van der Waals surface area contributed by atoms with Crippen LogP contribution in [0.1, 0.15) is 31.2 Å². The van der Waals surface area contributed by atoms with Crippen LogP contribution in [-0.4, -0.2) is 50.2 Å². The molecule has 1 spiro atoms. The number of likely N-dealkylation sites (tertiary alicyclic amines) is 1. The van der Waals surface area contributed by atoms with Gasteiger partial charge in [-0.2, -0.15) is 0 Å². The highest BCUT2D eigenvalue weighted by Gasteiger charge is 2.52. The molecule has 0 N–H and O–H groups in total. The van der Waals surface area contributed by atoms with Crippen LogP contribution in [0.25, 0.3) is 0 Å². The molecule has 3 aliphatic heterocycles. The fourth-order valence-corrected chi connectivity index (χ4v) is 4.42. The lowest BCUT2D eigenvalue weighted by atomic mass is 9.79. The van der Waals surface area contributed by atoms with Gasteiger partial charge in [0, 0.05) is 39.5 Å². The second-order valence-electron chi connectivity index (χ2n) is 8.04. The minimum Gasteiger partial charge on any atom is -0.454 e. The summed E-state index contributed by atoms with van der Waals surface area (Å²) in [7, 11) is 0. The van der Waals surface area contributed by atoms with Gasteiger partial charge in [-0.3, -0.25) is 4.90 Å². The third kappa shape index (κ3) is 3.25. The van der Waals surface area contributed by atoms with Gasteiger partial charge >= 0.3 is 0 Å². The van der Waals surface area contributed by atoms with Crippen LogP contribution in [0.2, 0.25) is 0 Å². The van der Waals surface area contributed by atoms with Gasteiger partial charge in [-0.05, 0) is 55.2 Å². The molecule has 2 saturated heterocycles. The Hall–Kier alpha value is -1.30. The van der Waals surface area contributed by atoms with Gasteiger partial charge in [0.05, 0.1) is 5.60 Å². The lowest BCUT2D eigenvalue weighted by molar-refractivity contribution is -0.139. The summed E-state index contributed by atoms with van der Waals surface area (Å²) in [5.41, 5.74) is 1.36. The molecule has 0 aromatic heterocycles. The Kier molecular flexibility index (Phi) is 4.11. The molecule has 3 fully saturated rings. The van der Waals surface area contributed by atoms with Gasteiger partial charge in [-0.25, -0.2) is 0 Å². The van der Waals surface area contributed by atoms with Gasteiger partial charge in [-0.15, -0.1) is 0 Å². The summed E-state index contributed by atoms with van der Waals surface area (Å²) in [5.74, 6) is 3.24. The molecule has 1 aromatic rings. The Morgan fingerprint density at radius 3 is 2.88 bits per heavy atom. The number of fused-ring (bicyclic) bond motifs is 1. The van der Waals surface area contributed by atoms with Crippen LogP contribution < -0.4 is 9.47 Å². The molecule has 5 heteroatoms. The number of hydrogen-bond acceptors (Lipinski definition) is 5. The van der Waals surface area contributed by atoms with Crippen LogP contribution in [0.5, 0.6) is 11.5 Å². The van der Waals surface area contributed by atoms with Crippen molar-refractivity contribution in [2.75, 3.05) is 39.7 Å². The zero-order valence-electron chi connectivity index (χ0n) is 14.7. The first kappa shape index (κ1) is 15.9. The highest BCUT2D eigenvalue weighted by Crippen LogP contribution is 2.42. The van der Waals surface area contributed by atoms with Crippen LogP contribution in [0.15, 0.2) is 18.2 Å². The van der Waals surface area contributed by atoms with Gasteiger partial charge < -0.3 is 18.9 Å². The van der Waals surface area contributed by atoms with Crippen molar-refractivity contribution in [2.45, 2.75) is 37.8 Å². The van der Waals surface area contributed by atoms with Crippen LogP contribution in [0, 0.1) is 11.8 Å². The van der Waals surface area contributed by atoms with E-state index in [-0.39, 0.29) is 5.60 Å². The van der Waals surface area contributed by atoms with Crippen molar-refractivity contribution in [1.29, 1.82) is 0 Å². The summed E-state index contributed by atoms with van der Waals surface area (Å²) in [6.07, 6.45) is 5.06. The first-order chi connectivity index (χ1) is 12.3. The summed E-state index contributed by atoms with van der Waals surface area (Å²) in [6.45, 7) is 6.14. The van der Waals surface area contributed by atoms with Gasteiger partial charge in [0.2, 0.25) is 6.79 Å². The lowest BCUT2D eigenvalue weighted by Crippen LogP contribution is -2.64. The average molecular weight is 345 g/mol. The molecule has 1 aromatic carbocycles. The Balaban J connectivity index is 1.12. The van der Waals surface area contributed by atoms with E-state index in [0.29, 0.717) is 12.7 Å². The molecule has 5 nitrogen and oxygen atoms in total. The summed E-state index contributed by atoms with van der Waals surface area (Å²) >= 11 is 0. The third-order valence-electron chi connectivity index (χ3n) is 6.09. The third-order valence-corrected chi connectivity index (χ3v) is 6.09. The summed E-state index contributed by atoms with van der Waals surface area (Å²) in [5, 5.41) is 0. The van der Waals surface area contributed by atoms with E-state index in [2.05, 4.69) is 17.0 Å². The zero-order valence-corrected chi connectivity index (χ0v) is 14.7. The van der Waals surface area contributed by atoms with E-state index in [1.807, 2.05) is 6.07 Å². The first-order valence-electron chi connectivity index (χ1n) is 9.63. The van der Waals surface area contributed by atoms with Gasteiger partial charge in [0.1, 0.15) is 0 Å². The van der Waals surface area contributed by atoms with Crippen LogP contribution >= 0.6 is 0 Å². The SMILES string of the molecule is c1cc2c(cc1CN1CC3(C1)OCC[C@H]3CCOCC1CC1)OCO2. The Bertz CT molecular complexity index is 624. The maximum atomic E-state index is 6.18. The molecule has 136 valence electrons. The van der Waals surface area contributed by atoms with Crippen molar-refractivity contribution in [3.63, 3.8) is 0 Å². The van der Waals surface area contributed by atoms with E-state index in [0.717, 1.165) is 63.3 Å². The molecule has 4 aliphatic rings. The van der Waals surface area contributed by atoms with Gasteiger partial charge in [0.25, 0.3) is 0 Å². The van der Waals surface area contributed by atoms with Gasteiger partial charge in [0.15, 0.2) is 11.5 Å². The smallest absolute Gasteiger partial charge is 0.231 e. The number of nitrogens with zero attached hydrogens (tertiary/aromatic N) is 1. The molecule has 0 amide bonds. The van der Waals surface area contributed by atoms with Crippen LogP contribution in [0.3, 0.4) is 0 Å². The van der Waals surface area contributed by atoms with Gasteiger partial charge in [-0.1, -0.05) is 6.07 Å². The quantitative estimate of drug-likeness (QED) is 0.711. The van der Waals surface area contributed by atoms with Crippen molar-refractivity contribution < 1.29 is 18.9 Å². The van der Waals surface area contributed by atoms with Crippen molar-refractivity contribution in [3.8, 4) is 11.5 Å². The normalized spacial score (nSPS) is 27.0. The maximum absolute atomic E-state index is 6.18. The first-order valence-corrected chi connectivity index (χ1v) is 9.63. The van der Waals surface area contributed by atoms with Crippen molar-refractivity contribution in [2.24, 2.45) is 11.8 Å². The predicted octanol–water partition coefficient (Wildman–Crippen LogP) is 2.82. The Morgan fingerprint density at radius 2 is 2.00 bits per heavy atom. The molecule has 0 unspecified atom stereocenters. The predicted molar refractivity (Wildman–Crippen MR) is 92.8 cm³/mol. The van der Waals surface area contributed by atoms with E-state index in [9.17, 15) is 0 Å². The monoisotopic (exact) mass is 345 g/mol. The van der Waals surface area contributed by atoms with E-state index < -0.39 is 0 Å². The second-order valence-corrected chi connectivity index (χ2v) is 8.04. The number of rotatable bonds is 7. The van der Waals surface area contributed by atoms with Crippen LogP contribution in [0.4, 0.5) is 0 Å². The summed E-state index contributed by atoms with van der Waals surface area (Å²) in [6, 6.07) is 6.25. The molecular weight excluding hydrogens is 318 g/mol. The van der Waals surface area contributed by atoms with Crippen molar-refractivity contribution in [3.05, 3.63) is 23.8 Å². The second kappa shape index (κ2) is 6.45. The standard InChI is InChI=1S/C20H27NO4/c1-2-15(1)11-22-7-5-17-6-8-25-20(17)12-21(13-20)10-16-3-4-18-19(9-16)24-14-23-18/h3-4,9,15,17H,1-2,5-8,10-14H2/t17-/m1/s1. The van der Waals surface area contributed by atoms with Crippen LogP contribution in [-0.2, 0) is 16.0 Å². The van der Waals surface area contributed by atoms with E-state index in [1.165, 1.54) is 24.8 Å². The molecule has 1 saturated carbocycles. The molecular formula is C20H27NO4. The molecule has 0 bridgehead atoms. The molecule has 1 aliphatic carbocycles. The van der Waals surface area contributed by atoms with E-state index >= 15 is 0 Å². The zero-order chi connectivity index (χ0) is 16.7. The summed E-state index contributed by atoms with van der Waals surface area (Å²) in [4.78, 5) is 2.47. The average Bonchev–Trinajstić information content (AvgIpc) is 3.13. The minimum absolute atomic E-state index is 0.0826. The maximum Gasteiger partial charge on any atom is 0.231 e.